The Balaban J connectivity index is 2.28. The summed E-state index contributed by atoms with van der Waals surface area (Å²) in [5.41, 5.74) is 0. The van der Waals surface area contributed by atoms with Crippen LogP contribution in [-0.4, -0.2) is 44.8 Å². The van der Waals surface area contributed by atoms with Gasteiger partial charge in [-0.15, -0.1) is 0 Å². The Bertz CT molecular complexity index is 268. The van der Waals surface area contributed by atoms with E-state index in [0.717, 1.165) is 13.1 Å². The number of hydrogen-bond donors (Lipinski definition) is 0. The van der Waals surface area contributed by atoms with Crippen molar-refractivity contribution in [2.45, 2.75) is 39.2 Å². The predicted molar refractivity (Wildman–Crippen MR) is 60.3 cm³/mol. The molecule has 0 saturated carbocycles. The molecule has 1 aliphatic rings. The summed E-state index contributed by atoms with van der Waals surface area (Å²) in [5.74, 6) is 0.116. The van der Waals surface area contributed by atoms with Crippen LogP contribution in [-0.2, 0) is 14.3 Å². The van der Waals surface area contributed by atoms with Crippen molar-refractivity contribution in [3.8, 4) is 0 Å². The van der Waals surface area contributed by atoms with Crippen LogP contribution in [0.15, 0.2) is 0 Å². The lowest BCUT2D eigenvalue weighted by Gasteiger charge is -2.26. The summed E-state index contributed by atoms with van der Waals surface area (Å²) < 4.78 is 27.7. The van der Waals surface area contributed by atoms with E-state index in [1.807, 2.05) is 0 Å². The highest BCUT2D eigenvalue weighted by Crippen LogP contribution is 2.09. The van der Waals surface area contributed by atoms with E-state index >= 15 is 0 Å². The van der Waals surface area contributed by atoms with Crippen LogP contribution in [0, 0.1) is 0 Å². The zero-order valence-electron chi connectivity index (χ0n) is 9.61. The monoisotopic (exact) mass is 235 g/mol. The molecule has 0 spiro atoms. The number of rotatable bonds is 5. The Hall–Kier alpha value is -0.130. The summed E-state index contributed by atoms with van der Waals surface area (Å²) in [6.07, 6.45) is 3.39. The number of likely N-dealkylation sites (tertiary alicyclic amines) is 1. The zero-order valence-corrected chi connectivity index (χ0v) is 10.4. The summed E-state index contributed by atoms with van der Waals surface area (Å²) in [6.45, 7) is 6.13. The van der Waals surface area contributed by atoms with Gasteiger partial charge in [0.25, 0.3) is 10.1 Å². The van der Waals surface area contributed by atoms with E-state index in [0.29, 0.717) is 6.54 Å². The van der Waals surface area contributed by atoms with Gasteiger partial charge in [-0.3, -0.25) is 4.18 Å². The normalized spacial score (nSPS) is 19.7. The fraction of sp³-hybridized carbons (Fsp3) is 1.00. The lowest BCUT2D eigenvalue weighted by molar-refractivity contribution is 0.226. The number of hydrogen-bond acceptors (Lipinski definition) is 4. The second-order valence-corrected chi connectivity index (χ2v) is 6.03. The summed E-state index contributed by atoms with van der Waals surface area (Å²) in [7, 11) is -3.32. The molecular weight excluding hydrogens is 214 g/mol. The molecule has 0 atom stereocenters. The lowest BCUT2D eigenvalue weighted by atomic mass is 10.1. The molecule has 5 heteroatoms. The first kappa shape index (κ1) is 12.9. The van der Waals surface area contributed by atoms with Crippen LogP contribution in [0.4, 0.5) is 0 Å². The van der Waals surface area contributed by atoms with Crippen molar-refractivity contribution < 1.29 is 12.6 Å². The van der Waals surface area contributed by atoms with Crippen molar-refractivity contribution >= 4 is 10.1 Å². The molecule has 4 nitrogen and oxygen atoms in total. The molecule has 0 N–H and O–H groups in total. The van der Waals surface area contributed by atoms with Crippen molar-refractivity contribution in [3.05, 3.63) is 0 Å². The number of piperidine rings is 1. The molecule has 1 heterocycles. The van der Waals surface area contributed by atoms with Gasteiger partial charge >= 0.3 is 0 Å². The molecule has 0 aromatic carbocycles. The minimum Gasteiger partial charge on any atom is -0.302 e. The van der Waals surface area contributed by atoms with Crippen molar-refractivity contribution in [1.82, 2.24) is 4.90 Å². The second kappa shape index (κ2) is 5.82. The van der Waals surface area contributed by atoms with E-state index in [9.17, 15) is 8.42 Å². The maximum atomic E-state index is 11.4. The van der Waals surface area contributed by atoms with Crippen LogP contribution < -0.4 is 0 Å². The highest BCUT2D eigenvalue weighted by atomic mass is 32.2. The smallest absolute Gasteiger partial charge is 0.268 e. The molecule has 1 rings (SSSR count). The molecule has 0 unspecified atom stereocenters. The fourth-order valence-corrected chi connectivity index (χ4v) is 2.93. The van der Waals surface area contributed by atoms with Crippen molar-refractivity contribution in [3.63, 3.8) is 0 Å². The van der Waals surface area contributed by atoms with Crippen LogP contribution in [0.2, 0.25) is 0 Å². The molecule has 0 aromatic rings. The van der Waals surface area contributed by atoms with E-state index in [-0.39, 0.29) is 11.9 Å². The Morgan fingerprint density at radius 1 is 1.20 bits per heavy atom. The van der Waals surface area contributed by atoms with Crippen LogP contribution in [0.1, 0.15) is 33.1 Å². The Morgan fingerprint density at radius 2 is 1.80 bits per heavy atom. The molecular formula is C10H21NO3S. The minimum atomic E-state index is -3.32. The summed E-state index contributed by atoms with van der Waals surface area (Å²) in [4.78, 5) is 2.20. The maximum Gasteiger partial charge on any atom is 0.268 e. The quantitative estimate of drug-likeness (QED) is 0.672. The summed E-state index contributed by atoms with van der Waals surface area (Å²) in [5, 5.41) is 0. The molecule has 0 aromatic heterocycles. The van der Waals surface area contributed by atoms with Gasteiger partial charge in [0.05, 0.1) is 11.9 Å². The lowest BCUT2D eigenvalue weighted by Crippen LogP contribution is -2.34. The highest BCUT2D eigenvalue weighted by Gasteiger charge is 2.17. The largest absolute Gasteiger partial charge is 0.302 e. The molecule has 0 radical (unpaired) electrons. The van der Waals surface area contributed by atoms with E-state index in [2.05, 4.69) is 4.90 Å². The van der Waals surface area contributed by atoms with Crippen molar-refractivity contribution in [1.29, 1.82) is 0 Å². The first-order valence-electron chi connectivity index (χ1n) is 5.63. The SMILES string of the molecule is CC(C)OS(=O)(=O)CCN1CCCCC1. The first-order chi connectivity index (χ1) is 6.99. The zero-order chi connectivity index (χ0) is 11.3. The van der Waals surface area contributed by atoms with Gasteiger partial charge < -0.3 is 4.90 Å². The topological polar surface area (TPSA) is 46.6 Å². The van der Waals surface area contributed by atoms with Gasteiger partial charge in [-0.2, -0.15) is 8.42 Å². The third-order valence-corrected chi connectivity index (χ3v) is 3.81. The molecule has 1 fully saturated rings. The van der Waals surface area contributed by atoms with E-state index in [1.165, 1.54) is 19.3 Å². The molecule has 0 bridgehead atoms. The van der Waals surface area contributed by atoms with Crippen LogP contribution >= 0.6 is 0 Å². The molecule has 1 saturated heterocycles. The van der Waals surface area contributed by atoms with E-state index in [1.54, 1.807) is 13.8 Å². The maximum absolute atomic E-state index is 11.4. The van der Waals surface area contributed by atoms with E-state index in [4.69, 9.17) is 4.18 Å². The first-order valence-corrected chi connectivity index (χ1v) is 7.21. The van der Waals surface area contributed by atoms with Gasteiger partial charge in [0.15, 0.2) is 0 Å². The highest BCUT2D eigenvalue weighted by molar-refractivity contribution is 7.86. The Morgan fingerprint density at radius 3 is 2.33 bits per heavy atom. The van der Waals surface area contributed by atoms with Gasteiger partial charge in [-0.25, -0.2) is 0 Å². The van der Waals surface area contributed by atoms with E-state index < -0.39 is 10.1 Å². The average Bonchev–Trinajstić information content (AvgIpc) is 2.15. The van der Waals surface area contributed by atoms with Gasteiger partial charge in [0.1, 0.15) is 0 Å². The fourth-order valence-electron chi connectivity index (χ4n) is 1.77. The molecule has 90 valence electrons. The van der Waals surface area contributed by atoms with Gasteiger partial charge in [0.2, 0.25) is 0 Å². The van der Waals surface area contributed by atoms with Crippen LogP contribution in [0.3, 0.4) is 0 Å². The third-order valence-electron chi connectivity index (χ3n) is 2.45. The summed E-state index contributed by atoms with van der Waals surface area (Å²) in [6, 6.07) is 0. The standard InChI is InChI=1S/C10H21NO3S/c1-10(2)14-15(12,13)9-8-11-6-4-3-5-7-11/h10H,3-9H2,1-2H3. The van der Waals surface area contributed by atoms with Crippen molar-refractivity contribution in [2.24, 2.45) is 0 Å². The summed E-state index contributed by atoms with van der Waals surface area (Å²) >= 11 is 0. The Kier molecular flexibility index (Phi) is 5.02. The predicted octanol–water partition coefficient (Wildman–Crippen LogP) is 1.23. The molecule has 1 aliphatic heterocycles. The molecule has 0 amide bonds. The van der Waals surface area contributed by atoms with Crippen LogP contribution in [0.5, 0.6) is 0 Å². The number of nitrogens with zero attached hydrogens (tertiary/aromatic N) is 1. The van der Waals surface area contributed by atoms with Crippen LogP contribution in [0.25, 0.3) is 0 Å². The second-order valence-electron chi connectivity index (χ2n) is 4.31. The third kappa shape index (κ3) is 5.49. The van der Waals surface area contributed by atoms with Gasteiger partial charge in [-0.05, 0) is 39.8 Å². The Labute approximate surface area is 92.7 Å². The van der Waals surface area contributed by atoms with Gasteiger partial charge in [0, 0.05) is 6.54 Å². The molecule has 15 heavy (non-hydrogen) atoms. The minimum absolute atomic E-state index is 0.116. The van der Waals surface area contributed by atoms with Gasteiger partial charge in [-0.1, -0.05) is 6.42 Å². The van der Waals surface area contributed by atoms with Crippen molar-refractivity contribution in [2.75, 3.05) is 25.4 Å². The average molecular weight is 235 g/mol. The molecule has 0 aliphatic carbocycles.